The number of hydrogen-bond acceptors (Lipinski definition) is 9. The number of aldehydes is 1. The van der Waals surface area contributed by atoms with Crippen molar-refractivity contribution in [2.45, 2.75) is 31.2 Å². The third-order valence-electron chi connectivity index (χ3n) is 4.26. The van der Waals surface area contributed by atoms with Crippen molar-refractivity contribution in [2.24, 2.45) is 0 Å². The van der Waals surface area contributed by atoms with Crippen molar-refractivity contribution in [1.29, 1.82) is 0 Å². The van der Waals surface area contributed by atoms with E-state index in [0.717, 1.165) is 18.2 Å². The van der Waals surface area contributed by atoms with Gasteiger partial charge in [-0.15, -0.1) is 0 Å². The third kappa shape index (κ3) is 4.23. The summed E-state index contributed by atoms with van der Waals surface area (Å²) >= 11 is 0. The fourth-order valence-corrected chi connectivity index (χ4v) is 3.94. The largest absolute Gasteiger partial charge is 0.530 e. The smallest absolute Gasteiger partial charge is 0.404 e. The summed E-state index contributed by atoms with van der Waals surface area (Å²) in [6, 6.07) is 3.03. The van der Waals surface area contributed by atoms with E-state index in [1.165, 1.54) is 0 Å². The fraction of sp³-hybridized carbons (Fsp3) is 0.353. The molecule has 2 aromatic rings. The second-order valence-electron chi connectivity index (χ2n) is 6.48. The first kappa shape index (κ1) is 17.9. The van der Waals surface area contributed by atoms with Gasteiger partial charge in [0.05, 0.1) is 16.3 Å². The number of alkyl halides is 1. The number of rotatable bonds is 5. The van der Waals surface area contributed by atoms with Gasteiger partial charge < -0.3 is 14.4 Å². The lowest BCUT2D eigenvalue weighted by molar-refractivity contribution is -0.179. The Kier molecular flexibility index (Phi) is 4.49. The van der Waals surface area contributed by atoms with E-state index in [-0.39, 0.29) is 22.2 Å². The quantitative estimate of drug-likeness (QED) is 0.493. The van der Waals surface area contributed by atoms with Crippen molar-refractivity contribution < 1.29 is 45.7 Å². The first-order chi connectivity index (χ1) is 15.7. The van der Waals surface area contributed by atoms with Crippen LogP contribution in [0.15, 0.2) is 34.0 Å². The van der Waals surface area contributed by atoms with Crippen LogP contribution in [0.1, 0.15) is 32.7 Å². The summed E-state index contributed by atoms with van der Waals surface area (Å²) in [6.07, 6.45) is -6.07. The number of ether oxygens (including phenoxy) is 1. The Hall–Kier alpha value is -2.70. The third-order valence-corrected chi connectivity index (χ3v) is 5.44. The lowest BCUT2D eigenvalue weighted by Gasteiger charge is -2.27. The van der Waals surface area contributed by atoms with E-state index in [0.29, 0.717) is 6.20 Å². The number of aliphatic hydroxyl groups is 1. The van der Waals surface area contributed by atoms with Crippen LogP contribution >= 0.6 is 7.82 Å². The number of nitrogens with zero attached hydrogens (tertiary/aromatic N) is 1. The summed E-state index contributed by atoms with van der Waals surface area (Å²) < 4.78 is 85.4. The van der Waals surface area contributed by atoms with Gasteiger partial charge in [0.1, 0.15) is 24.2 Å². The minimum Gasteiger partial charge on any atom is -0.404 e. The van der Waals surface area contributed by atoms with Crippen molar-refractivity contribution in [2.75, 3.05) is 6.56 Å². The van der Waals surface area contributed by atoms with Crippen molar-refractivity contribution in [1.82, 2.24) is 9.55 Å². The molecule has 4 atom stereocenters. The average molecular weight is 463 g/mol. The van der Waals surface area contributed by atoms with E-state index < -0.39 is 68.2 Å². The zero-order chi connectivity index (χ0) is 25.1. The van der Waals surface area contributed by atoms with Gasteiger partial charge in [0.25, 0.3) is 5.56 Å². The second-order valence-corrected chi connectivity index (χ2v) is 8.00. The number of H-pyrrole nitrogens is 1. The molecule has 1 saturated heterocycles. The van der Waals surface area contributed by atoms with Crippen LogP contribution in [0.2, 0.25) is 0 Å². The van der Waals surface area contributed by atoms with Gasteiger partial charge in [-0.3, -0.25) is 28.2 Å². The molecule has 0 bridgehead atoms. The van der Waals surface area contributed by atoms with Crippen molar-refractivity contribution >= 4 is 14.1 Å². The number of fused-ring (bicyclic) bond motifs is 1. The number of aromatic nitrogens is 2. The van der Waals surface area contributed by atoms with E-state index in [1.54, 1.807) is 4.98 Å². The maximum atomic E-state index is 15.6. The number of carbonyl (C=O) groups excluding carboxylic acids is 1. The van der Waals surface area contributed by atoms with Gasteiger partial charge in [-0.25, -0.2) is 18.1 Å². The van der Waals surface area contributed by atoms with Gasteiger partial charge in [0.15, 0.2) is 12.5 Å². The number of phosphoric ester groups is 1. The van der Waals surface area contributed by atoms with Crippen molar-refractivity contribution in [3.8, 4) is 5.75 Å². The molecule has 2 N–H and O–H groups in total. The summed E-state index contributed by atoms with van der Waals surface area (Å²) in [4.78, 5) is 36.4. The van der Waals surface area contributed by atoms with Crippen molar-refractivity contribution in [3.63, 3.8) is 0 Å². The molecule has 11 nitrogen and oxygen atoms in total. The number of benzene rings is 1. The number of aliphatic hydroxyl groups excluding tert-OH is 1. The summed E-state index contributed by atoms with van der Waals surface area (Å²) in [5, 5.41) is 10.3. The predicted octanol–water partition coefficient (Wildman–Crippen LogP) is 1.17. The molecule has 31 heavy (non-hydrogen) atoms. The lowest BCUT2D eigenvalue weighted by atomic mass is 10.2. The molecule has 14 heteroatoms. The first-order valence-electron chi connectivity index (χ1n) is 10.0. The molecular formula is C17H15F2N2O9P. The number of aromatic amines is 1. The molecule has 1 unspecified atom stereocenters. The molecule has 2 aliphatic rings. The van der Waals surface area contributed by atoms with Crippen LogP contribution in [0.4, 0.5) is 8.78 Å². The van der Waals surface area contributed by atoms with E-state index in [2.05, 4.69) is 4.52 Å². The van der Waals surface area contributed by atoms with Crippen LogP contribution in [0, 0.1) is 5.82 Å². The van der Waals surface area contributed by atoms with Crippen molar-refractivity contribution in [3.05, 3.63) is 62.2 Å². The molecule has 0 radical (unpaired) electrons. The standard InChI is InChI=1S/C17H15F2N2O9P/c18-11-1-2-13-9(3-11)7-27-31(26,30-13)28-8-17(19)4-12(23)15(29-17)21-5-10(6-22)14(24)20-16(21)25/h1-3,5-6,12,15,23H,4,7-8H2,(H,20,24,25)/t12-,15-,17+,31?/m1/s1/i8D2,15D. The van der Waals surface area contributed by atoms with Crippen LogP contribution in [0.5, 0.6) is 5.75 Å². The van der Waals surface area contributed by atoms with Crippen LogP contribution in [-0.2, 0) is 25.0 Å². The highest BCUT2D eigenvalue weighted by Crippen LogP contribution is 2.55. The molecule has 3 heterocycles. The summed E-state index contributed by atoms with van der Waals surface area (Å²) in [7, 11) is -4.86. The Bertz CT molecular complexity index is 1340. The Labute approximate surface area is 176 Å². The zero-order valence-electron chi connectivity index (χ0n) is 18.2. The summed E-state index contributed by atoms with van der Waals surface area (Å²) in [5.41, 5.74) is -3.04. The molecule has 0 saturated carbocycles. The van der Waals surface area contributed by atoms with Crippen LogP contribution in [0.3, 0.4) is 0 Å². The fourth-order valence-electron chi connectivity index (χ4n) is 2.83. The number of phosphoric acid groups is 1. The van der Waals surface area contributed by atoms with Gasteiger partial charge in [-0.1, -0.05) is 0 Å². The van der Waals surface area contributed by atoms with E-state index in [1.807, 2.05) is 0 Å². The number of nitrogens with one attached hydrogen (secondary N) is 1. The molecule has 0 aliphatic carbocycles. The minimum absolute atomic E-state index is 0.0255. The molecule has 1 aromatic heterocycles. The van der Waals surface area contributed by atoms with Crippen LogP contribution in [-0.4, -0.2) is 39.5 Å². The van der Waals surface area contributed by atoms with Gasteiger partial charge in [-0.05, 0) is 18.2 Å². The molecular weight excluding hydrogens is 445 g/mol. The second kappa shape index (κ2) is 7.77. The highest BCUT2D eigenvalue weighted by atomic mass is 31.2. The van der Waals surface area contributed by atoms with Crippen LogP contribution in [0.25, 0.3) is 0 Å². The Balaban J connectivity index is 1.64. The molecule has 1 fully saturated rings. The number of carbonyl (C=O) groups is 1. The van der Waals surface area contributed by atoms with Gasteiger partial charge in [-0.2, -0.15) is 0 Å². The molecule has 0 spiro atoms. The van der Waals surface area contributed by atoms with Gasteiger partial charge in [0, 0.05) is 18.2 Å². The Morgan fingerprint density at radius 1 is 1.52 bits per heavy atom. The zero-order valence-corrected chi connectivity index (χ0v) is 16.1. The Morgan fingerprint density at radius 3 is 3.03 bits per heavy atom. The Morgan fingerprint density at radius 2 is 2.29 bits per heavy atom. The van der Waals surface area contributed by atoms with Gasteiger partial charge in [0.2, 0.25) is 5.85 Å². The number of hydrogen-bond donors (Lipinski definition) is 2. The molecule has 0 amide bonds. The number of halogens is 2. The lowest BCUT2D eigenvalue weighted by Crippen LogP contribution is -2.37. The topological polar surface area (TPSA) is 146 Å². The van der Waals surface area contributed by atoms with Gasteiger partial charge >= 0.3 is 13.5 Å². The maximum absolute atomic E-state index is 15.6. The summed E-state index contributed by atoms with van der Waals surface area (Å²) in [6.45, 7) is -4.24. The predicted molar refractivity (Wildman–Crippen MR) is 96.7 cm³/mol. The monoisotopic (exact) mass is 463 g/mol. The molecule has 166 valence electrons. The van der Waals surface area contributed by atoms with E-state index in [9.17, 15) is 28.4 Å². The van der Waals surface area contributed by atoms with E-state index >= 15 is 4.39 Å². The normalized spacial score (nSPS) is 34.2. The van der Waals surface area contributed by atoms with E-state index in [4.69, 9.17) is 17.9 Å². The molecule has 4 rings (SSSR count). The maximum Gasteiger partial charge on any atom is 0.530 e. The summed E-state index contributed by atoms with van der Waals surface area (Å²) in [5.74, 6) is -4.54. The molecule has 1 aromatic carbocycles. The highest BCUT2D eigenvalue weighted by Gasteiger charge is 2.50. The SMILES string of the molecule is [2H]C([2H])(OP1(=O)OCc2cc(F)ccc2O1)[C@]1(F)C[C@@H](O)[C@]([2H])(n2cc(C=O)c(=O)[nH]c2=O)O1. The first-order valence-corrected chi connectivity index (χ1v) is 10.0. The highest BCUT2D eigenvalue weighted by molar-refractivity contribution is 7.49. The average Bonchev–Trinajstić information content (AvgIpc) is 2.98. The minimum atomic E-state index is -4.86. The molecule has 2 aliphatic heterocycles. The van der Waals surface area contributed by atoms with Crippen LogP contribution < -0.4 is 15.8 Å².